The quantitative estimate of drug-likeness (QED) is 0.857. The van der Waals surface area contributed by atoms with Crippen molar-refractivity contribution in [3.63, 3.8) is 0 Å². The third-order valence-electron chi connectivity index (χ3n) is 1.86. The zero-order chi connectivity index (χ0) is 12.3. The van der Waals surface area contributed by atoms with Crippen LogP contribution < -0.4 is 5.32 Å². The molecular formula is C10H6N4O2S. The number of hydrogen-bond donors (Lipinski definition) is 2. The van der Waals surface area contributed by atoms with Gasteiger partial charge in [-0.05, 0) is 12.1 Å². The van der Waals surface area contributed by atoms with Crippen molar-refractivity contribution >= 4 is 28.3 Å². The highest BCUT2D eigenvalue weighted by Gasteiger charge is 2.06. The van der Waals surface area contributed by atoms with Crippen LogP contribution in [0.5, 0.6) is 0 Å². The molecule has 2 aromatic heterocycles. The Morgan fingerprint density at radius 1 is 1.53 bits per heavy atom. The molecule has 0 radical (unpaired) electrons. The number of carboxylic acid groups (broad SMARTS) is 1. The summed E-state index contributed by atoms with van der Waals surface area (Å²) in [4.78, 5) is 19.1. The van der Waals surface area contributed by atoms with Crippen LogP contribution in [0.15, 0.2) is 24.5 Å². The van der Waals surface area contributed by atoms with Gasteiger partial charge in [0.25, 0.3) is 0 Å². The van der Waals surface area contributed by atoms with Crippen molar-refractivity contribution in [2.75, 3.05) is 5.32 Å². The number of aromatic carboxylic acids is 1. The van der Waals surface area contributed by atoms with Gasteiger partial charge in [-0.1, -0.05) is 11.3 Å². The van der Waals surface area contributed by atoms with Crippen LogP contribution in [0, 0.1) is 11.3 Å². The second kappa shape index (κ2) is 4.59. The van der Waals surface area contributed by atoms with Gasteiger partial charge in [-0.15, -0.1) is 0 Å². The zero-order valence-corrected chi connectivity index (χ0v) is 9.23. The highest BCUT2D eigenvalue weighted by molar-refractivity contribution is 7.16. The van der Waals surface area contributed by atoms with Gasteiger partial charge in [0.15, 0.2) is 5.13 Å². The minimum absolute atomic E-state index is 0.138. The number of anilines is 2. The Bertz CT molecular complexity index is 602. The van der Waals surface area contributed by atoms with Gasteiger partial charge in [-0.2, -0.15) is 5.26 Å². The van der Waals surface area contributed by atoms with Crippen molar-refractivity contribution in [1.82, 2.24) is 9.97 Å². The molecule has 17 heavy (non-hydrogen) atoms. The summed E-state index contributed by atoms with van der Waals surface area (Å²) < 4.78 is 0. The average molecular weight is 246 g/mol. The van der Waals surface area contributed by atoms with Gasteiger partial charge in [-0.3, -0.25) is 0 Å². The minimum atomic E-state index is -1.02. The molecule has 6 nitrogen and oxygen atoms in total. The second-order valence-electron chi connectivity index (χ2n) is 3.00. The number of nitriles is 1. The van der Waals surface area contributed by atoms with Gasteiger partial charge >= 0.3 is 5.97 Å². The number of nitrogens with zero attached hydrogens (tertiary/aromatic N) is 3. The Balaban J connectivity index is 2.21. The number of carbonyl (C=O) groups is 1. The minimum Gasteiger partial charge on any atom is -0.478 e. The first-order chi connectivity index (χ1) is 8.19. The van der Waals surface area contributed by atoms with Crippen molar-refractivity contribution in [3.8, 4) is 6.07 Å². The smallest absolute Gasteiger partial charge is 0.335 e. The molecule has 0 aliphatic carbocycles. The molecule has 0 bridgehead atoms. The Morgan fingerprint density at radius 2 is 2.35 bits per heavy atom. The lowest BCUT2D eigenvalue weighted by Crippen LogP contribution is -1.99. The molecule has 0 aromatic carbocycles. The summed E-state index contributed by atoms with van der Waals surface area (Å²) in [7, 11) is 0. The van der Waals surface area contributed by atoms with Crippen molar-refractivity contribution in [2.24, 2.45) is 0 Å². The van der Waals surface area contributed by atoms with Gasteiger partial charge < -0.3 is 10.4 Å². The van der Waals surface area contributed by atoms with Crippen LogP contribution in [0.1, 0.15) is 15.2 Å². The molecule has 0 saturated heterocycles. The molecular weight excluding hydrogens is 240 g/mol. The maximum absolute atomic E-state index is 10.7. The van der Waals surface area contributed by atoms with E-state index in [0.29, 0.717) is 15.8 Å². The molecule has 7 heteroatoms. The fourth-order valence-corrected chi connectivity index (χ4v) is 1.75. The SMILES string of the molecule is N#Cc1cnc(Nc2cc(C(=O)O)ccn2)s1. The van der Waals surface area contributed by atoms with E-state index in [2.05, 4.69) is 15.3 Å². The summed E-state index contributed by atoms with van der Waals surface area (Å²) in [5, 5.41) is 20.8. The highest BCUT2D eigenvalue weighted by atomic mass is 32.1. The van der Waals surface area contributed by atoms with E-state index in [1.165, 1.54) is 35.9 Å². The van der Waals surface area contributed by atoms with Crippen LogP contribution in [-0.4, -0.2) is 21.0 Å². The molecule has 2 N–H and O–H groups in total. The summed E-state index contributed by atoms with van der Waals surface area (Å²) in [6.45, 7) is 0. The summed E-state index contributed by atoms with van der Waals surface area (Å²) in [5.41, 5.74) is 0.138. The molecule has 0 aliphatic heterocycles. The Morgan fingerprint density at radius 3 is 3.00 bits per heavy atom. The summed E-state index contributed by atoms with van der Waals surface area (Å²) in [5.74, 6) is -0.643. The number of carboxylic acids is 1. The largest absolute Gasteiger partial charge is 0.478 e. The van der Waals surface area contributed by atoms with Crippen molar-refractivity contribution < 1.29 is 9.90 Å². The summed E-state index contributed by atoms with van der Waals surface area (Å²) in [6.07, 6.45) is 2.83. The van der Waals surface area contributed by atoms with Crippen LogP contribution in [0.4, 0.5) is 10.9 Å². The fraction of sp³-hybridized carbons (Fsp3) is 0. The van der Waals surface area contributed by atoms with Crippen LogP contribution in [-0.2, 0) is 0 Å². The molecule has 0 unspecified atom stereocenters. The molecule has 0 fully saturated rings. The van der Waals surface area contributed by atoms with E-state index in [1.807, 2.05) is 6.07 Å². The third-order valence-corrected chi connectivity index (χ3v) is 2.68. The average Bonchev–Trinajstić information content (AvgIpc) is 2.77. The van der Waals surface area contributed by atoms with E-state index in [9.17, 15) is 4.79 Å². The van der Waals surface area contributed by atoms with Gasteiger partial charge in [0.05, 0.1) is 11.8 Å². The highest BCUT2D eigenvalue weighted by Crippen LogP contribution is 2.21. The van der Waals surface area contributed by atoms with Gasteiger partial charge in [-0.25, -0.2) is 14.8 Å². The third kappa shape index (κ3) is 2.56. The van der Waals surface area contributed by atoms with E-state index in [4.69, 9.17) is 10.4 Å². The first-order valence-electron chi connectivity index (χ1n) is 4.51. The molecule has 0 atom stereocenters. The number of hydrogen-bond acceptors (Lipinski definition) is 6. The normalized spacial score (nSPS) is 9.59. The van der Waals surface area contributed by atoms with E-state index >= 15 is 0 Å². The Labute approximate surface area is 100 Å². The first-order valence-corrected chi connectivity index (χ1v) is 5.33. The van der Waals surface area contributed by atoms with E-state index < -0.39 is 5.97 Å². The topological polar surface area (TPSA) is 98.9 Å². The number of nitrogens with one attached hydrogen (secondary N) is 1. The van der Waals surface area contributed by atoms with E-state index in [0.717, 1.165) is 0 Å². The molecule has 2 rings (SSSR count). The van der Waals surface area contributed by atoms with Crippen LogP contribution in [0.3, 0.4) is 0 Å². The Hall–Kier alpha value is -2.46. The molecule has 0 saturated carbocycles. The van der Waals surface area contributed by atoms with Crippen molar-refractivity contribution in [2.45, 2.75) is 0 Å². The maximum Gasteiger partial charge on any atom is 0.335 e. The molecule has 2 heterocycles. The molecule has 0 amide bonds. The maximum atomic E-state index is 10.7. The Kier molecular flexibility index (Phi) is 2.98. The number of rotatable bonds is 3. The summed E-state index contributed by atoms with van der Waals surface area (Å²) >= 11 is 1.17. The van der Waals surface area contributed by atoms with Crippen molar-refractivity contribution in [3.05, 3.63) is 35.0 Å². The van der Waals surface area contributed by atoms with E-state index in [-0.39, 0.29) is 5.56 Å². The number of aromatic nitrogens is 2. The fourth-order valence-electron chi connectivity index (χ4n) is 1.13. The lowest BCUT2D eigenvalue weighted by atomic mass is 10.3. The summed E-state index contributed by atoms with van der Waals surface area (Å²) in [6, 6.07) is 4.76. The van der Waals surface area contributed by atoms with Crippen LogP contribution in [0.25, 0.3) is 0 Å². The van der Waals surface area contributed by atoms with Gasteiger partial charge in [0.2, 0.25) is 0 Å². The number of pyridine rings is 1. The monoisotopic (exact) mass is 246 g/mol. The molecule has 0 aliphatic rings. The lowest BCUT2D eigenvalue weighted by Gasteiger charge is -2.01. The second-order valence-corrected chi connectivity index (χ2v) is 4.03. The molecule has 84 valence electrons. The molecule has 2 aromatic rings. The van der Waals surface area contributed by atoms with Crippen molar-refractivity contribution in [1.29, 1.82) is 5.26 Å². The first kappa shape index (κ1) is 11.0. The predicted octanol–water partition coefficient (Wildman–Crippen LogP) is 1.85. The number of thiazole rings is 1. The lowest BCUT2D eigenvalue weighted by molar-refractivity contribution is 0.0697. The van der Waals surface area contributed by atoms with E-state index in [1.54, 1.807) is 0 Å². The molecule has 0 spiro atoms. The van der Waals surface area contributed by atoms with Crippen LogP contribution in [0.2, 0.25) is 0 Å². The van der Waals surface area contributed by atoms with Gasteiger partial charge in [0.1, 0.15) is 16.8 Å². The zero-order valence-electron chi connectivity index (χ0n) is 8.41. The van der Waals surface area contributed by atoms with Gasteiger partial charge in [0, 0.05) is 6.20 Å². The van der Waals surface area contributed by atoms with Crippen LogP contribution >= 0.6 is 11.3 Å². The standard InChI is InChI=1S/C10H6N4O2S/c11-4-7-5-13-10(17-7)14-8-3-6(9(15)16)1-2-12-8/h1-3,5H,(H,15,16)(H,12,13,14). The predicted molar refractivity (Wildman–Crippen MR) is 61.3 cm³/mol.